The van der Waals surface area contributed by atoms with Gasteiger partial charge in [0.05, 0.1) is 38.3 Å². The van der Waals surface area contributed by atoms with Crippen LogP contribution >= 0.6 is 15.9 Å². The van der Waals surface area contributed by atoms with Crippen LogP contribution in [-0.2, 0) is 14.8 Å². The van der Waals surface area contributed by atoms with Gasteiger partial charge in [0.2, 0.25) is 0 Å². The van der Waals surface area contributed by atoms with E-state index in [4.69, 9.17) is 9.47 Å². The molecule has 2 aromatic rings. The molecule has 33 heavy (non-hydrogen) atoms. The Kier molecular flexibility index (Phi) is 10.2. The SMILES string of the molecule is COC(=O)c1c([N+](=O)[O-])ccc(OC)c1C.COC(=O)c1c([N+](=O)[O-])ccc(OC)c1CBr. The van der Waals surface area contributed by atoms with Gasteiger partial charge >= 0.3 is 11.9 Å². The molecule has 0 radical (unpaired) electrons. The molecule has 12 nitrogen and oxygen atoms in total. The number of nitrogens with zero attached hydrogens (tertiary/aromatic N) is 2. The first kappa shape index (κ1) is 27.3. The number of alkyl halides is 1. The predicted octanol–water partition coefficient (Wildman–Crippen LogP) is 3.98. The summed E-state index contributed by atoms with van der Waals surface area (Å²) in [6.45, 7) is 1.57. The maximum atomic E-state index is 11.6. The highest BCUT2D eigenvalue weighted by atomic mass is 79.9. The van der Waals surface area contributed by atoms with Gasteiger partial charge in [-0.05, 0) is 19.1 Å². The fourth-order valence-electron chi connectivity index (χ4n) is 2.83. The highest BCUT2D eigenvalue weighted by molar-refractivity contribution is 9.08. The molecule has 0 heterocycles. The number of hydrogen-bond donors (Lipinski definition) is 0. The fourth-order valence-corrected chi connectivity index (χ4v) is 3.39. The van der Waals surface area contributed by atoms with Crippen LogP contribution in [0, 0.1) is 27.2 Å². The Balaban J connectivity index is 0.000000331. The van der Waals surface area contributed by atoms with Crippen LogP contribution in [0.5, 0.6) is 11.5 Å². The second-order valence-electron chi connectivity index (χ2n) is 6.06. The summed E-state index contributed by atoms with van der Waals surface area (Å²) >= 11 is 3.17. The molecule has 0 fully saturated rings. The molecule has 0 atom stereocenters. The molecule has 0 bridgehead atoms. The smallest absolute Gasteiger partial charge is 0.345 e. The van der Waals surface area contributed by atoms with Crippen molar-refractivity contribution in [1.82, 2.24) is 0 Å². The van der Waals surface area contributed by atoms with E-state index in [0.29, 0.717) is 22.6 Å². The number of ether oxygens (including phenoxy) is 4. The minimum absolute atomic E-state index is 0.0770. The maximum Gasteiger partial charge on any atom is 0.345 e. The number of esters is 2. The molecular formula is C20H21BrN2O10. The molecule has 178 valence electrons. The van der Waals surface area contributed by atoms with Crippen LogP contribution in [-0.4, -0.2) is 50.2 Å². The molecule has 0 aliphatic rings. The molecule has 0 N–H and O–H groups in total. The number of carbonyl (C=O) groups is 2. The standard InChI is InChI=1S/C10H10BrNO5.C10H11NO5/c1-16-8-4-3-7(12(14)15)9(6(8)5-11)10(13)17-2;1-6-8(15-2)5-4-7(11(13)14)9(6)10(12)16-3/h3-4H,5H2,1-2H3;4-5H,1-3H3. The summed E-state index contributed by atoms with van der Waals surface area (Å²) in [5.41, 5.74) is 0.0370. The Hall–Kier alpha value is -3.74. The van der Waals surface area contributed by atoms with E-state index < -0.39 is 21.8 Å². The van der Waals surface area contributed by atoms with Crippen LogP contribution in [0.4, 0.5) is 11.4 Å². The number of halogens is 1. The van der Waals surface area contributed by atoms with Crippen molar-refractivity contribution in [3.05, 3.63) is 66.7 Å². The molecular weight excluding hydrogens is 508 g/mol. The van der Waals surface area contributed by atoms with Gasteiger partial charge in [-0.3, -0.25) is 20.2 Å². The van der Waals surface area contributed by atoms with Gasteiger partial charge < -0.3 is 18.9 Å². The third-order valence-corrected chi connectivity index (χ3v) is 4.95. The van der Waals surface area contributed by atoms with Crippen molar-refractivity contribution in [3.63, 3.8) is 0 Å². The number of nitro groups is 2. The first-order valence-electron chi connectivity index (χ1n) is 8.98. The van der Waals surface area contributed by atoms with Gasteiger partial charge in [0, 0.05) is 28.6 Å². The molecule has 0 spiro atoms. The minimum Gasteiger partial charge on any atom is -0.496 e. The molecule has 0 aromatic heterocycles. The second-order valence-corrected chi connectivity index (χ2v) is 6.62. The molecule has 0 saturated carbocycles. The molecule has 2 rings (SSSR count). The molecule has 13 heteroatoms. The number of methoxy groups -OCH3 is 4. The third-order valence-electron chi connectivity index (χ3n) is 4.39. The average Bonchev–Trinajstić information content (AvgIpc) is 2.81. The summed E-state index contributed by atoms with van der Waals surface area (Å²) in [7, 11) is 5.19. The van der Waals surface area contributed by atoms with Crippen molar-refractivity contribution in [2.24, 2.45) is 0 Å². The maximum absolute atomic E-state index is 11.6. The Morgan fingerprint density at radius 1 is 0.818 bits per heavy atom. The Morgan fingerprint density at radius 3 is 1.64 bits per heavy atom. The number of benzene rings is 2. The number of hydrogen-bond acceptors (Lipinski definition) is 10. The van der Waals surface area contributed by atoms with Crippen LogP contribution in [0.3, 0.4) is 0 Å². The molecule has 0 aliphatic carbocycles. The largest absolute Gasteiger partial charge is 0.496 e. The van der Waals surface area contributed by atoms with Crippen LogP contribution in [0.2, 0.25) is 0 Å². The Labute approximate surface area is 196 Å². The van der Waals surface area contributed by atoms with Crippen LogP contribution in [0.25, 0.3) is 0 Å². The van der Waals surface area contributed by atoms with Crippen LogP contribution in [0.1, 0.15) is 31.8 Å². The molecule has 0 aliphatic heterocycles. The van der Waals surface area contributed by atoms with Gasteiger partial charge in [-0.15, -0.1) is 0 Å². The first-order chi connectivity index (χ1) is 15.6. The van der Waals surface area contributed by atoms with Gasteiger partial charge in [-0.25, -0.2) is 9.59 Å². The van der Waals surface area contributed by atoms with Crippen molar-refractivity contribution in [1.29, 1.82) is 0 Å². The Bertz CT molecular complexity index is 1070. The lowest BCUT2D eigenvalue weighted by Crippen LogP contribution is -2.10. The van der Waals surface area contributed by atoms with Crippen LogP contribution < -0.4 is 9.47 Å². The number of rotatable bonds is 7. The first-order valence-corrected chi connectivity index (χ1v) is 10.1. The second kappa shape index (κ2) is 12.3. The van der Waals surface area contributed by atoms with E-state index in [9.17, 15) is 29.8 Å². The zero-order chi connectivity index (χ0) is 25.3. The van der Waals surface area contributed by atoms with E-state index in [-0.39, 0.29) is 27.8 Å². The number of nitro benzene ring substituents is 2. The normalized spacial score (nSPS) is 9.76. The highest BCUT2D eigenvalue weighted by Crippen LogP contribution is 2.32. The zero-order valence-corrected chi connectivity index (χ0v) is 20.0. The quantitative estimate of drug-likeness (QED) is 0.222. The van der Waals surface area contributed by atoms with Crippen molar-refractivity contribution < 1.29 is 38.4 Å². The van der Waals surface area contributed by atoms with E-state index in [1.54, 1.807) is 6.92 Å². The third kappa shape index (κ3) is 6.16. The van der Waals surface area contributed by atoms with Gasteiger partial charge in [-0.1, -0.05) is 15.9 Å². The van der Waals surface area contributed by atoms with Crippen molar-refractivity contribution in [2.45, 2.75) is 12.3 Å². The topological polar surface area (TPSA) is 157 Å². The van der Waals surface area contributed by atoms with Crippen molar-refractivity contribution in [3.8, 4) is 11.5 Å². The van der Waals surface area contributed by atoms with E-state index in [0.717, 1.165) is 0 Å². The number of carbonyl (C=O) groups excluding carboxylic acids is 2. The highest BCUT2D eigenvalue weighted by Gasteiger charge is 2.27. The van der Waals surface area contributed by atoms with Crippen molar-refractivity contribution in [2.75, 3.05) is 28.4 Å². The van der Waals surface area contributed by atoms with E-state index >= 15 is 0 Å². The van der Waals surface area contributed by atoms with Crippen LogP contribution in [0.15, 0.2) is 24.3 Å². The lowest BCUT2D eigenvalue weighted by atomic mass is 10.1. The monoisotopic (exact) mass is 528 g/mol. The molecule has 2 aromatic carbocycles. The van der Waals surface area contributed by atoms with Gasteiger partial charge in [0.1, 0.15) is 22.6 Å². The molecule has 0 saturated heterocycles. The Morgan fingerprint density at radius 2 is 1.24 bits per heavy atom. The summed E-state index contributed by atoms with van der Waals surface area (Å²) < 4.78 is 19.1. The van der Waals surface area contributed by atoms with Gasteiger partial charge in [0.15, 0.2) is 0 Å². The summed E-state index contributed by atoms with van der Waals surface area (Å²) in [5.74, 6) is -0.702. The zero-order valence-electron chi connectivity index (χ0n) is 18.4. The fraction of sp³-hybridized carbons (Fsp3) is 0.300. The molecule has 0 amide bonds. The van der Waals surface area contributed by atoms with E-state index in [1.807, 2.05) is 0 Å². The summed E-state index contributed by atoms with van der Waals surface area (Å²) in [4.78, 5) is 43.4. The predicted molar refractivity (Wildman–Crippen MR) is 119 cm³/mol. The lowest BCUT2D eigenvalue weighted by molar-refractivity contribution is -0.385. The minimum atomic E-state index is -0.759. The van der Waals surface area contributed by atoms with E-state index in [2.05, 4.69) is 25.4 Å². The van der Waals surface area contributed by atoms with Gasteiger partial charge in [-0.2, -0.15) is 0 Å². The average molecular weight is 529 g/mol. The lowest BCUT2D eigenvalue weighted by Gasteiger charge is -2.10. The summed E-state index contributed by atoms with van der Waals surface area (Å²) in [6.07, 6.45) is 0. The van der Waals surface area contributed by atoms with Crippen molar-refractivity contribution >= 4 is 39.2 Å². The van der Waals surface area contributed by atoms with Gasteiger partial charge in [0.25, 0.3) is 11.4 Å². The van der Waals surface area contributed by atoms with E-state index in [1.165, 1.54) is 52.7 Å². The summed E-state index contributed by atoms with van der Waals surface area (Å²) in [6, 6.07) is 5.33. The summed E-state index contributed by atoms with van der Waals surface area (Å²) in [5, 5.41) is 21.9. The molecule has 0 unspecified atom stereocenters.